The van der Waals surface area contributed by atoms with Crippen LogP contribution in [0, 0.1) is 11.3 Å². The fourth-order valence-electron chi connectivity index (χ4n) is 2.98. The number of rotatable bonds is 6. The molecular weight excluding hydrogens is 340 g/mol. The van der Waals surface area contributed by atoms with Crippen molar-refractivity contribution in [3.63, 3.8) is 0 Å². The van der Waals surface area contributed by atoms with E-state index in [0.29, 0.717) is 12.0 Å². The molecule has 1 aliphatic rings. The summed E-state index contributed by atoms with van der Waals surface area (Å²) in [4.78, 5) is 6.27. The van der Waals surface area contributed by atoms with E-state index in [1.807, 2.05) is 6.07 Å². The van der Waals surface area contributed by atoms with E-state index in [2.05, 4.69) is 74.4 Å². The lowest BCUT2D eigenvalue weighted by Gasteiger charge is -2.27. The molecule has 0 saturated heterocycles. The fourth-order valence-corrected chi connectivity index (χ4v) is 3.63. The molecule has 4 nitrogen and oxygen atoms in total. The third-order valence-corrected chi connectivity index (χ3v) is 5.51. The molecule has 0 amide bonds. The first kappa shape index (κ1) is 19.0. The molecule has 26 heavy (non-hydrogen) atoms. The molecule has 0 fully saturated rings. The summed E-state index contributed by atoms with van der Waals surface area (Å²) in [6.45, 7) is 12.2. The molecule has 140 valence electrons. The van der Waals surface area contributed by atoms with E-state index in [-0.39, 0.29) is 5.41 Å². The Labute approximate surface area is 160 Å². The summed E-state index contributed by atoms with van der Waals surface area (Å²) in [5.74, 6) is 1.57. The SMILES string of the molecule is CC(C)CCn1nc(NSc2ccccc2)c2c1=N[C@H](C(C)(C)C)CC=2. The maximum absolute atomic E-state index is 5.09. The van der Waals surface area contributed by atoms with Gasteiger partial charge in [-0.1, -0.05) is 58.9 Å². The molecule has 1 atom stereocenters. The van der Waals surface area contributed by atoms with Crippen molar-refractivity contribution in [3.05, 3.63) is 41.0 Å². The largest absolute Gasteiger partial charge is 0.308 e. The molecular formula is C21H30N4S. The molecule has 2 heterocycles. The van der Waals surface area contributed by atoms with Crippen molar-refractivity contribution in [2.45, 2.75) is 64.9 Å². The predicted octanol–water partition coefficient (Wildman–Crippen LogP) is 4.27. The Hall–Kier alpha value is -1.75. The van der Waals surface area contributed by atoms with Crippen molar-refractivity contribution in [2.24, 2.45) is 16.3 Å². The van der Waals surface area contributed by atoms with Crippen molar-refractivity contribution < 1.29 is 0 Å². The van der Waals surface area contributed by atoms with E-state index < -0.39 is 0 Å². The Morgan fingerprint density at radius 3 is 2.62 bits per heavy atom. The van der Waals surface area contributed by atoms with Gasteiger partial charge in [-0.15, -0.1) is 0 Å². The fraction of sp³-hybridized carbons (Fsp3) is 0.524. The molecule has 0 saturated carbocycles. The molecule has 1 aromatic carbocycles. The summed E-state index contributed by atoms with van der Waals surface area (Å²) in [5, 5.41) is 6.01. The van der Waals surface area contributed by atoms with Gasteiger partial charge < -0.3 is 4.72 Å². The molecule has 1 N–H and O–H groups in total. The van der Waals surface area contributed by atoms with E-state index in [1.54, 1.807) is 11.9 Å². The van der Waals surface area contributed by atoms with Gasteiger partial charge in [0, 0.05) is 11.4 Å². The average molecular weight is 371 g/mol. The first-order valence-electron chi connectivity index (χ1n) is 9.47. The highest BCUT2D eigenvalue weighted by Gasteiger charge is 2.26. The quantitative estimate of drug-likeness (QED) is 0.772. The summed E-state index contributed by atoms with van der Waals surface area (Å²) in [5.41, 5.74) is 1.20. The monoisotopic (exact) mass is 370 g/mol. The molecule has 0 spiro atoms. The van der Waals surface area contributed by atoms with Crippen LogP contribution in [0.2, 0.25) is 0 Å². The predicted molar refractivity (Wildman–Crippen MR) is 111 cm³/mol. The van der Waals surface area contributed by atoms with Crippen LogP contribution in [0.3, 0.4) is 0 Å². The number of aryl methyl sites for hydroxylation is 1. The van der Waals surface area contributed by atoms with Gasteiger partial charge in [0.05, 0.1) is 11.3 Å². The molecule has 0 aliphatic carbocycles. The van der Waals surface area contributed by atoms with Crippen LogP contribution in [-0.4, -0.2) is 15.8 Å². The van der Waals surface area contributed by atoms with Gasteiger partial charge in [0.1, 0.15) is 0 Å². The van der Waals surface area contributed by atoms with E-state index in [0.717, 1.165) is 35.9 Å². The maximum atomic E-state index is 5.09. The minimum absolute atomic E-state index is 0.160. The van der Waals surface area contributed by atoms with Gasteiger partial charge in [-0.3, -0.25) is 4.99 Å². The number of nitrogens with zero attached hydrogens (tertiary/aromatic N) is 3. The first-order valence-corrected chi connectivity index (χ1v) is 10.3. The van der Waals surface area contributed by atoms with Crippen molar-refractivity contribution >= 4 is 23.8 Å². The molecule has 0 unspecified atom stereocenters. The molecule has 1 aliphatic heterocycles. The number of nitrogens with one attached hydrogen (secondary N) is 1. The number of hydrogen-bond acceptors (Lipinski definition) is 4. The minimum atomic E-state index is 0.160. The molecule has 5 heteroatoms. The normalized spacial score (nSPS) is 16.8. The highest BCUT2D eigenvalue weighted by molar-refractivity contribution is 8.00. The first-order chi connectivity index (χ1) is 12.3. The zero-order valence-corrected chi connectivity index (χ0v) is 17.3. The van der Waals surface area contributed by atoms with E-state index in [9.17, 15) is 0 Å². The second-order valence-corrected chi connectivity index (χ2v) is 9.34. The van der Waals surface area contributed by atoms with Crippen molar-refractivity contribution in [3.8, 4) is 0 Å². The van der Waals surface area contributed by atoms with Crippen LogP contribution in [0.15, 0.2) is 40.2 Å². The Bertz CT molecular complexity index is 847. The van der Waals surface area contributed by atoms with Crippen LogP contribution < -0.4 is 15.4 Å². The van der Waals surface area contributed by atoms with Crippen LogP contribution in [0.4, 0.5) is 5.82 Å². The Kier molecular flexibility index (Phi) is 5.76. The highest BCUT2D eigenvalue weighted by atomic mass is 32.2. The molecule has 2 aromatic rings. The summed E-state index contributed by atoms with van der Waals surface area (Å²) in [6.07, 6.45) is 4.39. The second kappa shape index (κ2) is 7.87. The van der Waals surface area contributed by atoms with Crippen LogP contribution >= 0.6 is 11.9 Å². The lowest BCUT2D eigenvalue weighted by molar-refractivity contribution is 0.316. The standard InChI is InChI=1S/C21H30N4S/c1-15(2)13-14-25-20-17(11-12-18(22-20)21(3,4)5)19(23-25)24-26-16-9-7-6-8-10-16/h6-11,15,18H,12-14H2,1-5H3,(H,23,24)/t18-/m0/s1. The number of hydrogen-bond donors (Lipinski definition) is 1. The van der Waals surface area contributed by atoms with Crippen LogP contribution in [-0.2, 0) is 6.54 Å². The topological polar surface area (TPSA) is 42.2 Å². The van der Waals surface area contributed by atoms with Gasteiger partial charge in [0.2, 0.25) is 0 Å². The summed E-state index contributed by atoms with van der Waals surface area (Å²) in [7, 11) is 0. The Balaban J connectivity index is 1.92. The lowest BCUT2D eigenvalue weighted by atomic mass is 9.84. The Morgan fingerprint density at radius 1 is 1.23 bits per heavy atom. The van der Waals surface area contributed by atoms with Crippen molar-refractivity contribution in [1.82, 2.24) is 9.78 Å². The van der Waals surface area contributed by atoms with E-state index in [1.165, 1.54) is 4.90 Å². The molecule has 1 aromatic heterocycles. The van der Waals surface area contributed by atoms with Crippen LogP contribution in [0.5, 0.6) is 0 Å². The van der Waals surface area contributed by atoms with Crippen LogP contribution in [0.1, 0.15) is 47.5 Å². The van der Waals surface area contributed by atoms with Crippen molar-refractivity contribution in [2.75, 3.05) is 4.72 Å². The number of anilines is 1. The summed E-state index contributed by atoms with van der Waals surface area (Å²) < 4.78 is 5.54. The molecule has 0 bridgehead atoms. The van der Waals surface area contributed by atoms with E-state index in [4.69, 9.17) is 10.1 Å². The Morgan fingerprint density at radius 2 is 1.96 bits per heavy atom. The maximum Gasteiger partial charge on any atom is 0.167 e. The number of benzene rings is 1. The average Bonchev–Trinajstić information content (AvgIpc) is 2.95. The van der Waals surface area contributed by atoms with Gasteiger partial charge in [-0.05, 0) is 48.3 Å². The second-order valence-electron chi connectivity index (χ2n) is 8.46. The lowest BCUT2D eigenvalue weighted by Crippen LogP contribution is -2.39. The van der Waals surface area contributed by atoms with Gasteiger partial charge in [0.25, 0.3) is 0 Å². The van der Waals surface area contributed by atoms with Gasteiger partial charge >= 0.3 is 0 Å². The van der Waals surface area contributed by atoms with E-state index >= 15 is 0 Å². The van der Waals surface area contributed by atoms with Gasteiger partial charge in [0.15, 0.2) is 11.3 Å². The van der Waals surface area contributed by atoms with Crippen LogP contribution in [0.25, 0.3) is 6.08 Å². The minimum Gasteiger partial charge on any atom is -0.308 e. The number of fused-ring (bicyclic) bond motifs is 1. The van der Waals surface area contributed by atoms with Gasteiger partial charge in [-0.25, -0.2) is 4.68 Å². The third-order valence-electron chi connectivity index (χ3n) is 4.71. The molecule has 0 radical (unpaired) electrons. The third kappa shape index (κ3) is 4.50. The zero-order valence-electron chi connectivity index (χ0n) is 16.5. The smallest absolute Gasteiger partial charge is 0.167 e. The zero-order chi connectivity index (χ0) is 18.7. The van der Waals surface area contributed by atoms with Gasteiger partial charge in [-0.2, -0.15) is 5.10 Å². The summed E-state index contributed by atoms with van der Waals surface area (Å²) in [6, 6.07) is 10.6. The van der Waals surface area contributed by atoms with Crippen molar-refractivity contribution in [1.29, 1.82) is 0 Å². The summed E-state index contributed by atoms with van der Waals surface area (Å²) >= 11 is 1.60. The number of aromatic nitrogens is 2. The highest BCUT2D eigenvalue weighted by Crippen LogP contribution is 2.26. The molecule has 3 rings (SSSR count).